The summed E-state index contributed by atoms with van der Waals surface area (Å²) < 4.78 is 0. The van der Waals surface area contributed by atoms with E-state index in [1.165, 1.54) is 6.92 Å². The maximum atomic E-state index is 11.9. The second kappa shape index (κ2) is 5.11. The van der Waals surface area contributed by atoms with Crippen molar-refractivity contribution < 1.29 is 14.7 Å². The van der Waals surface area contributed by atoms with Gasteiger partial charge in [0.15, 0.2) is 5.54 Å². The van der Waals surface area contributed by atoms with Gasteiger partial charge in [-0.1, -0.05) is 13.8 Å². The summed E-state index contributed by atoms with van der Waals surface area (Å²) in [6.07, 6.45) is 0.806. The van der Waals surface area contributed by atoms with E-state index in [9.17, 15) is 14.7 Å². The van der Waals surface area contributed by atoms with Gasteiger partial charge in [-0.2, -0.15) is 11.8 Å². The number of amides is 1. The van der Waals surface area contributed by atoms with Crippen LogP contribution in [0.5, 0.6) is 0 Å². The van der Waals surface area contributed by atoms with Gasteiger partial charge in [-0.15, -0.1) is 0 Å². The molecule has 5 heteroatoms. The number of nitrogens with zero attached hydrogens (tertiary/aromatic N) is 1. The summed E-state index contributed by atoms with van der Waals surface area (Å²) in [4.78, 5) is 25.4. The zero-order chi connectivity index (χ0) is 14.1. The van der Waals surface area contributed by atoms with Crippen molar-refractivity contribution in [3.8, 4) is 0 Å². The number of aliphatic carboxylic acids is 1. The normalized spacial score (nSPS) is 27.0. The molecule has 0 spiro atoms. The molecule has 1 saturated heterocycles. The second-order valence-electron chi connectivity index (χ2n) is 5.83. The average molecular weight is 273 g/mol. The largest absolute Gasteiger partial charge is 0.479 e. The molecule has 104 valence electrons. The van der Waals surface area contributed by atoms with Crippen molar-refractivity contribution in [2.24, 2.45) is 5.41 Å². The van der Waals surface area contributed by atoms with Crippen molar-refractivity contribution in [2.45, 2.75) is 52.6 Å². The first-order chi connectivity index (χ1) is 8.17. The standard InChI is InChI=1S/C13H23NO3S/c1-9(2)14(10(3)15)13(11(16)17)8-18-7-6-12(13,4)5/h9H,6-8H2,1-5H3,(H,16,17). The molecule has 1 atom stereocenters. The molecule has 4 nitrogen and oxygen atoms in total. The van der Waals surface area contributed by atoms with Crippen LogP contribution in [0.1, 0.15) is 41.0 Å². The zero-order valence-electron chi connectivity index (χ0n) is 11.8. The maximum Gasteiger partial charge on any atom is 0.331 e. The lowest BCUT2D eigenvalue weighted by molar-refractivity contribution is -0.169. The third kappa shape index (κ3) is 2.25. The molecule has 1 unspecified atom stereocenters. The topological polar surface area (TPSA) is 57.6 Å². The first kappa shape index (κ1) is 15.3. The second-order valence-corrected chi connectivity index (χ2v) is 6.94. The van der Waals surface area contributed by atoms with Gasteiger partial charge in [-0.05, 0) is 26.0 Å². The SMILES string of the molecule is CC(=O)N(C(C)C)C1(C(=O)O)CSCCC1(C)C. The number of carboxylic acids is 1. The summed E-state index contributed by atoms with van der Waals surface area (Å²) in [7, 11) is 0. The highest BCUT2D eigenvalue weighted by molar-refractivity contribution is 7.99. The Balaban J connectivity index is 3.37. The first-order valence-corrected chi connectivity index (χ1v) is 7.43. The minimum atomic E-state index is -1.10. The molecule has 1 N–H and O–H groups in total. The molecular weight excluding hydrogens is 250 g/mol. The van der Waals surface area contributed by atoms with Crippen LogP contribution in [0.3, 0.4) is 0 Å². The summed E-state index contributed by atoms with van der Waals surface area (Å²) in [5.41, 5.74) is -1.52. The van der Waals surface area contributed by atoms with Crippen LogP contribution in [-0.2, 0) is 9.59 Å². The molecule has 1 rings (SSSR count). The van der Waals surface area contributed by atoms with Gasteiger partial charge >= 0.3 is 5.97 Å². The highest BCUT2D eigenvalue weighted by Crippen LogP contribution is 2.47. The Morgan fingerprint density at radius 2 is 1.89 bits per heavy atom. The number of hydrogen-bond donors (Lipinski definition) is 1. The Kier molecular flexibility index (Phi) is 4.36. The quantitative estimate of drug-likeness (QED) is 0.856. The van der Waals surface area contributed by atoms with Gasteiger partial charge in [0.05, 0.1) is 0 Å². The van der Waals surface area contributed by atoms with Crippen LogP contribution in [0, 0.1) is 5.41 Å². The third-order valence-corrected chi connectivity index (χ3v) is 5.04. The maximum absolute atomic E-state index is 11.9. The number of rotatable bonds is 3. The van der Waals surface area contributed by atoms with E-state index in [1.54, 1.807) is 16.7 Å². The van der Waals surface area contributed by atoms with E-state index in [2.05, 4.69) is 0 Å². The molecule has 0 radical (unpaired) electrons. The van der Waals surface area contributed by atoms with Crippen LogP contribution in [0.4, 0.5) is 0 Å². The van der Waals surface area contributed by atoms with E-state index in [1.807, 2.05) is 27.7 Å². The summed E-state index contributed by atoms with van der Waals surface area (Å²) >= 11 is 1.62. The lowest BCUT2D eigenvalue weighted by Gasteiger charge is -2.54. The molecule has 0 bridgehead atoms. The van der Waals surface area contributed by atoms with E-state index < -0.39 is 16.9 Å². The number of carbonyl (C=O) groups is 2. The van der Waals surface area contributed by atoms with Crippen LogP contribution in [0.15, 0.2) is 0 Å². The molecule has 1 fully saturated rings. The summed E-state index contributed by atoms with van der Waals surface area (Å²) in [5.74, 6) is 0.366. The summed E-state index contributed by atoms with van der Waals surface area (Å²) in [6, 6.07) is -0.114. The summed E-state index contributed by atoms with van der Waals surface area (Å²) in [5, 5.41) is 9.79. The zero-order valence-corrected chi connectivity index (χ0v) is 12.6. The van der Waals surface area contributed by atoms with Gasteiger partial charge in [0.2, 0.25) is 5.91 Å². The Hall–Kier alpha value is -0.710. The highest BCUT2D eigenvalue weighted by Gasteiger charge is 2.58. The van der Waals surface area contributed by atoms with Crippen LogP contribution in [-0.4, -0.2) is 45.0 Å². The Labute approximate surface area is 113 Å². The number of carbonyl (C=O) groups excluding carboxylic acids is 1. The first-order valence-electron chi connectivity index (χ1n) is 6.28. The molecular formula is C13H23NO3S. The number of carboxylic acid groups (broad SMARTS) is 1. The predicted octanol–water partition coefficient (Wildman–Crippen LogP) is 2.23. The van der Waals surface area contributed by atoms with Crippen LogP contribution in [0.25, 0.3) is 0 Å². The van der Waals surface area contributed by atoms with E-state index in [4.69, 9.17) is 0 Å². The molecule has 0 aromatic heterocycles. The van der Waals surface area contributed by atoms with Crippen molar-refractivity contribution in [1.29, 1.82) is 0 Å². The molecule has 0 aromatic rings. The van der Waals surface area contributed by atoms with E-state index in [0.717, 1.165) is 12.2 Å². The molecule has 0 aromatic carbocycles. The van der Waals surface area contributed by atoms with Crippen LogP contribution < -0.4 is 0 Å². The molecule has 18 heavy (non-hydrogen) atoms. The van der Waals surface area contributed by atoms with Crippen molar-refractivity contribution in [3.05, 3.63) is 0 Å². The van der Waals surface area contributed by atoms with Gasteiger partial charge < -0.3 is 10.0 Å². The van der Waals surface area contributed by atoms with Crippen LogP contribution >= 0.6 is 11.8 Å². The number of thioether (sulfide) groups is 1. The van der Waals surface area contributed by atoms with Gasteiger partial charge in [0.1, 0.15) is 0 Å². The van der Waals surface area contributed by atoms with Gasteiger partial charge in [0, 0.05) is 24.1 Å². The smallest absolute Gasteiger partial charge is 0.331 e. The van der Waals surface area contributed by atoms with E-state index in [0.29, 0.717) is 5.75 Å². The lowest BCUT2D eigenvalue weighted by Crippen LogP contribution is -2.69. The molecule has 1 amide bonds. The molecule has 1 aliphatic heterocycles. The molecule has 1 aliphatic rings. The fraction of sp³-hybridized carbons (Fsp3) is 0.846. The van der Waals surface area contributed by atoms with E-state index >= 15 is 0 Å². The fourth-order valence-electron chi connectivity index (χ4n) is 2.87. The number of hydrogen-bond acceptors (Lipinski definition) is 3. The summed E-state index contributed by atoms with van der Waals surface area (Å²) in [6.45, 7) is 9.13. The Morgan fingerprint density at radius 1 is 1.33 bits per heavy atom. The highest BCUT2D eigenvalue weighted by atomic mass is 32.2. The van der Waals surface area contributed by atoms with Gasteiger partial charge in [0.25, 0.3) is 0 Å². The monoisotopic (exact) mass is 273 g/mol. The van der Waals surface area contributed by atoms with Crippen molar-refractivity contribution in [3.63, 3.8) is 0 Å². The Morgan fingerprint density at radius 3 is 2.22 bits per heavy atom. The third-order valence-electron chi connectivity index (χ3n) is 3.92. The van der Waals surface area contributed by atoms with Crippen molar-refractivity contribution in [1.82, 2.24) is 4.90 Å². The van der Waals surface area contributed by atoms with Crippen molar-refractivity contribution >= 4 is 23.6 Å². The fourth-order valence-corrected chi connectivity index (χ4v) is 4.62. The van der Waals surface area contributed by atoms with Crippen molar-refractivity contribution in [2.75, 3.05) is 11.5 Å². The van der Waals surface area contributed by atoms with Crippen LogP contribution in [0.2, 0.25) is 0 Å². The predicted molar refractivity (Wildman–Crippen MR) is 73.7 cm³/mol. The minimum absolute atomic E-state index is 0.114. The van der Waals surface area contributed by atoms with Gasteiger partial charge in [-0.25, -0.2) is 4.79 Å². The molecule has 0 saturated carbocycles. The lowest BCUT2D eigenvalue weighted by atomic mass is 9.69. The van der Waals surface area contributed by atoms with Gasteiger partial charge in [-0.3, -0.25) is 4.79 Å². The minimum Gasteiger partial charge on any atom is -0.479 e. The molecule has 1 heterocycles. The van der Waals surface area contributed by atoms with E-state index in [-0.39, 0.29) is 11.9 Å². The average Bonchev–Trinajstić information content (AvgIpc) is 2.19. The molecule has 0 aliphatic carbocycles. The Bertz CT molecular complexity index is 354.